The highest BCUT2D eigenvalue weighted by Crippen LogP contribution is 2.32. The highest BCUT2D eigenvalue weighted by atomic mass is 79.9. The minimum Gasteiger partial charge on any atom is -0.319 e. The quantitative estimate of drug-likeness (QED) is 0.724. The van der Waals surface area contributed by atoms with Crippen LogP contribution in [0.5, 0.6) is 0 Å². The number of amides is 1. The van der Waals surface area contributed by atoms with Crippen molar-refractivity contribution in [1.29, 1.82) is 0 Å². The van der Waals surface area contributed by atoms with Crippen LogP contribution in [0.15, 0.2) is 35.2 Å². The first-order valence-electron chi connectivity index (χ1n) is 5.91. The Morgan fingerprint density at radius 2 is 2.09 bits per heavy atom. The monoisotopic (exact) mass is 373 g/mol. The molecule has 0 aliphatic carbocycles. The SMILES string of the molecule is O=C(Nc1cn[nH]c1C(F)(F)F)c1ccc2c(Br)cnn2c1. The summed E-state index contributed by atoms with van der Waals surface area (Å²) < 4.78 is 40.3. The standard InChI is InChI=1S/C12H7BrF3N5O/c13-7-3-18-21-5-6(1-2-9(7)21)11(22)19-8-4-17-20-10(8)12(14,15)16/h1-5H,(H,17,20)(H,19,22). The van der Waals surface area contributed by atoms with Crippen LogP contribution < -0.4 is 5.32 Å². The van der Waals surface area contributed by atoms with Crippen molar-refractivity contribution in [3.8, 4) is 0 Å². The molecule has 1 amide bonds. The van der Waals surface area contributed by atoms with Crippen LogP contribution in [0.4, 0.5) is 18.9 Å². The number of halogens is 4. The molecule has 0 atom stereocenters. The lowest BCUT2D eigenvalue weighted by Gasteiger charge is -2.08. The number of alkyl halides is 3. The number of carbonyl (C=O) groups is 1. The zero-order valence-corrected chi connectivity index (χ0v) is 12.2. The van der Waals surface area contributed by atoms with E-state index in [4.69, 9.17) is 0 Å². The van der Waals surface area contributed by atoms with E-state index in [1.54, 1.807) is 12.3 Å². The van der Waals surface area contributed by atoms with Gasteiger partial charge in [-0.15, -0.1) is 0 Å². The van der Waals surface area contributed by atoms with E-state index in [1.807, 2.05) is 5.10 Å². The van der Waals surface area contributed by atoms with Crippen LogP contribution in [0.25, 0.3) is 5.52 Å². The molecule has 22 heavy (non-hydrogen) atoms. The van der Waals surface area contributed by atoms with Crippen molar-refractivity contribution in [1.82, 2.24) is 19.8 Å². The molecule has 0 radical (unpaired) electrons. The molecule has 0 saturated heterocycles. The first-order chi connectivity index (χ1) is 10.4. The number of anilines is 1. The molecule has 3 aromatic heterocycles. The summed E-state index contributed by atoms with van der Waals surface area (Å²) >= 11 is 3.29. The lowest BCUT2D eigenvalue weighted by molar-refractivity contribution is -0.140. The summed E-state index contributed by atoms with van der Waals surface area (Å²) in [5, 5.41) is 11.3. The second-order valence-corrected chi connectivity index (χ2v) is 5.20. The third-order valence-electron chi connectivity index (χ3n) is 2.90. The summed E-state index contributed by atoms with van der Waals surface area (Å²) in [6.45, 7) is 0. The number of nitrogens with zero attached hydrogens (tertiary/aromatic N) is 3. The van der Waals surface area contributed by atoms with Gasteiger partial charge in [-0.25, -0.2) is 4.52 Å². The number of rotatable bonds is 2. The largest absolute Gasteiger partial charge is 0.434 e. The molecule has 0 unspecified atom stereocenters. The summed E-state index contributed by atoms with van der Waals surface area (Å²) in [5.41, 5.74) is -0.642. The number of hydrogen-bond donors (Lipinski definition) is 2. The molecule has 0 aliphatic rings. The molecule has 2 N–H and O–H groups in total. The maximum Gasteiger partial charge on any atom is 0.434 e. The first kappa shape index (κ1) is 14.6. The molecule has 10 heteroatoms. The second-order valence-electron chi connectivity index (χ2n) is 4.35. The van der Waals surface area contributed by atoms with Crippen LogP contribution >= 0.6 is 15.9 Å². The molecular formula is C12H7BrF3N5O. The summed E-state index contributed by atoms with van der Waals surface area (Å²) in [6, 6.07) is 3.12. The molecule has 3 aromatic rings. The van der Waals surface area contributed by atoms with E-state index >= 15 is 0 Å². The fourth-order valence-electron chi connectivity index (χ4n) is 1.88. The molecule has 0 bridgehead atoms. The van der Waals surface area contributed by atoms with E-state index in [0.29, 0.717) is 0 Å². The molecular weight excluding hydrogens is 367 g/mol. The van der Waals surface area contributed by atoms with Crippen LogP contribution in [0.3, 0.4) is 0 Å². The van der Waals surface area contributed by atoms with Gasteiger partial charge in [0.2, 0.25) is 0 Å². The van der Waals surface area contributed by atoms with Gasteiger partial charge in [-0.1, -0.05) is 0 Å². The van der Waals surface area contributed by atoms with Crippen molar-refractivity contribution in [2.75, 3.05) is 5.32 Å². The summed E-state index contributed by atoms with van der Waals surface area (Å²) in [6.07, 6.45) is -0.753. The number of nitrogens with one attached hydrogen (secondary N) is 2. The van der Waals surface area contributed by atoms with Gasteiger partial charge in [0.15, 0.2) is 5.69 Å². The molecule has 114 valence electrons. The van der Waals surface area contributed by atoms with Crippen molar-refractivity contribution in [2.45, 2.75) is 6.18 Å². The lowest BCUT2D eigenvalue weighted by Crippen LogP contribution is -2.16. The maximum atomic E-state index is 12.7. The molecule has 0 fully saturated rings. The Labute approximate surface area is 129 Å². The molecule has 0 aliphatic heterocycles. The third-order valence-corrected chi connectivity index (χ3v) is 3.51. The molecule has 3 rings (SSSR count). The van der Waals surface area contributed by atoms with E-state index in [1.165, 1.54) is 16.8 Å². The van der Waals surface area contributed by atoms with Crippen molar-refractivity contribution in [3.05, 3.63) is 46.5 Å². The van der Waals surface area contributed by atoms with Crippen molar-refractivity contribution in [2.24, 2.45) is 0 Å². The Bertz CT molecular complexity index is 854. The second kappa shape index (κ2) is 5.13. The third kappa shape index (κ3) is 2.56. The number of pyridine rings is 1. The van der Waals surface area contributed by atoms with Crippen molar-refractivity contribution >= 4 is 33.0 Å². The average Bonchev–Trinajstić information content (AvgIpc) is 3.05. The normalized spacial score (nSPS) is 11.8. The smallest absolute Gasteiger partial charge is 0.319 e. The van der Waals surface area contributed by atoms with Gasteiger partial charge in [0, 0.05) is 6.20 Å². The topological polar surface area (TPSA) is 75.1 Å². The zero-order valence-electron chi connectivity index (χ0n) is 10.6. The van der Waals surface area contributed by atoms with E-state index in [9.17, 15) is 18.0 Å². The Morgan fingerprint density at radius 1 is 1.32 bits per heavy atom. The molecule has 6 nitrogen and oxygen atoms in total. The van der Waals surface area contributed by atoms with E-state index in [-0.39, 0.29) is 5.56 Å². The average molecular weight is 374 g/mol. The zero-order chi connectivity index (χ0) is 15.9. The number of H-pyrrole nitrogens is 1. The highest BCUT2D eigenvalue weighted by molar-refractivity contribution is 9.10. The number of aromatic amines is 1. The van der Waals surface area contributed by atoms with Crippen molar-refractivity contribution < 1.29 is 18.0 Å². The van der Waals surface area contributed by atoms with Gasteiger partial charge in [-0.2, -0.15) is 23.4 Å². The molecule has 0 spiro atoms. The number of fused-ring (bicyclic) bond motifs is 1. The minimum atomic E-state index is -4.63. The van der Waals surface area contributed by atoms with Crippen molar-refractivity contribution in [3.63, 3.8) is 0 Å². The Morgan fingerprint density at radius 3 is 2.82 bits per heavy atom. The predicted octanol–water partition coefficient (Wildman–Crippen LogP) is 3.09. The predicted molar refractivity (Wildman–Crippen MR) is 74.4 cm³/mol. The van der Waals surface area contributed by atoms with Gasteiger partial charge in [-0.05, 0) is 28.1 Å². The summed E-state index contributed by atoms with van der Waals surface area (Å²) in [5.74, 6) is -0.694. The van der Waals surface area contributed by atoms with Gasteiger partial charge in [0.1, 0.15) is 0 Å². The van der Waals surface area contributed by atoms with Crippen LogP contribution in [-0.4, -0.2) is 25.7 Å². The summed E-state index contributed by atoms with van der Waals surface area (Å²) in [7, 11) is 0. The Balaban J connectivity index is 1.89. The van der Waals surface area contributed by atoms with Gasteiger partial charge >= 0.3 is 6.18 Å². The molecule has 0 aromatic carbocycles. The van der Waals surface area contributed by atoms with Crippen LogP contribution in [0.2, 0.25) is 0 Å². The van der Waals surface area contributed by atoms with Gasteiger partial charge in [0.05, 0.1) is 33.6 Å². The van der Waals surface area contributed by atoms with E-state index < -0.39 is 23.5 Å². The number of carbonyl (C=O) groups excluding carboxylic acids is 1. The van der Waals surface area contributed by atoms with E-state index in [2.05, 4.69) is 31.4 Å². The molecule has 3 heterocycles. The molecule has 0 saturated carbocycles. The van der Waals surface area contributed by atoms with Gasteiger partial charge in [-0.3, -0.25) is 9.89 Å². The fourth-order valence-corrected chi connectivity index (χ4v) is 2.28. The fraction of sp³-hybridized carbons (Fsp3) is 0.0833. The summed E-state index contributed by atoms with van der Waals surface area (Å²) in [4.78, 5) is 12.1. The number of aromatic nitrogens is 4. The van der Waals surface area contributed by atoms with E-state index in [0.717, 1.165) is 16.2 Å². The van der Waals surface area contributed by atoms with Gasteiger partial charge < -0.3 is 5.32 Å². The first-order valence-corrected chi connectivity index (χ1v) is 6.70. The Kier molecular flexibility index (Phi) is 3.39. The lowest BCUT2D eigenvalue weighted by atomic mass is 10.2. The van der Waals surface area contributed by atoms with Gasteiger partial charge in [0.25, 0.3) is 5.91 Å². The highest BCUT2D eigenvalue weighted by Gasteiger charge is 2.36. The minimum absolute atomic E-state index is 0.164. The van der Waals surface area contributed by atoms with Crippen LogP contribution in [-0.2, 0) is 6.18 Å². The van der Waals surface area contributed by atoms with Crippen LogP contribution in [0, 0.1) is 0 Å². The Hall–Kier alpha value is -2.36. The number of hydrogen-bond acceptors (Lipinski definition) is 3. The van der Waals surface area contributed by atoms with Crippen LogP contribution in [0.1, 0.15) is 16.1 Å². The maximum absolute atomic E-state index is 12.7.